The molecule has 0 radical (unpaired) electrons. The van der Waals surface area contributed by atoms with E-state index in [1.807, 2.05) is 0 Å². The third-order valence-corrected chi connectivity index (χ3v) is 3.85. The van der Waals surface area contributed by atoms with Crippen molar-refractivity contribution in [2.75, 3.05) is 92.4 Å². The number of carbonyl (C=O) groups excluding carboxylic acids is 2. The maximum Gasteiger partial charge on any atom is 0.330 e. The first-order valence-electron chi connectivity index (χ1n) is 11.3. The van der Waals surface area contributed by atoms with Crippen LogP contribution < -0.4 is 5.32 Å². The molecule has 0 atom stereocenters. The quantitative estimate of drug-likeness (QED) is 0.0966. The lowest BCUT2D eigenvalue weighted by Gasteiger charge is -2.08. The van der Waals surface area contributed by atoms with E-state index in [0.717, 1.165) is 6.08 Å². The van der Waals surface area contributed by atoms with Crippen LogP contribution in [0.2, 0.25) is 0 Å². The molecule has 12 heteroatoms. The van der Waals surface area contributed by atoms with E-state index in [1.54, 1.807) is 0 Å². The number of carboxylic acid groups (broad SMARTS) is 1. The van der Waals surface area contributed by atoms with Crippen molar-refractivity contribution in [2.24, 2.45) is 0 Å². The Bertz CT molecular complexity index is 531. The monoisotopic (exact) mass is 493 g/mol. The van der Waals surface area contributed by atoms with Gasteiger partial charge in [-0.3, -0.25) is 9.59 Å². The Morgan fingerprint density at radius 1 is 0.647 bits per heavy atom. The molecule has 2 N–H and O–H groups in total. The molecule has 12 nitrogen and oxygen atoms in total. The molecule has 0 rings (SSSR count). The minimum Gasteiger partial charge on any atom is -0.481 e. The number of carbonyl (C=O) groups is 3. The minimum atomic E-state index is -0.985. The predicted octanol–water partition coefficient (Wildman–Crippen LogP) is 0.186. The van der Waals surface area contributed by atoms with Crippen LogP contribution in [0.3, 0.4) is 0 Å². The zero-order valence-electron chi connectivity index (χ0n) is 19.8. The highest BCUT2D eigenvalue weighted by molar-refractivity contribution is 5.81. The van der Waals surface area contributed by atoms with E-state index < -0.39 is 11.9 Å². The van der Waals surface area contributed by atoms with Crippen LogP contribution >= 0.6 is 0 Å². The lowest BCUT2D eigenvalue weighted by atomic mass is 10.3. The van der Waals surface area contributed by atoms with Gasteiger partial charge < -0.3 is 43.6 Å². The standard InChI is InChI=1S/C22H39NO11/c1-2-22(27)34-19-18-33-17-16-32-15-14-31-13-12-30-11-10-29-9-8-28-7-3-6-23-20(24)4-5-21(25)26/h2H,1,3-19H2,(H,23,24)(H,25,26). The van der Waals surface area contributed by atoms with Crippen LogP contribution in [0, 0.1) is 0 Å². The van der Waals surface area contributed by atoms with Crippen molar-refractivity contribution >= 4 is 17.8 Å². The molecule has 0 saturated carbocycles. The Hall–Kier alpha value is -2.09. The largest absolute Gasteiger partial charge is 0.481 e. The van der Waals surface area contributed by atoms with E-state index in [2.05, 4.69) is 11.9 Å². The highest BCUT2D eigenvalue weighted by Gasteiger charge is 2.04. The van der Waals surface area contributed by atoms with Gasteiger partial charge >= 0.3 is 11.9 Å². The van der Waals surface area contributed by atoms with Crippen LogP contribution in [0.1, 0.15) is 19.3 Å². The van der Waals surface area contributed by atoms with Gasteiger partial charge in [-0.15, -0.1) is 0 Å². The van der Waals surface area contributed by atoms with Gasteiger partial charge in [0.05, 0.1) is 79.1 Å². The average Bonchev–Trinajstić information content (AvgIpc) is 2.82. The number of hydrogen-bond acceptors (Lipinski definition) is 10. The molecule has 0 heterocycles. The molecule has 0 aliphatic carbocycles. The lowest BCUT2D eigenvalue weighted by molar-refractivity contribution is -0.139. The summed E-state index contributed by atoms with van der Waals surface area (Å²) in [5.74, 6) is -1.72. The van der Waals surface area contributed by atoms with Crippen molar-refractivity contribution in [1.29, 1.82) is 0 Å². The second-order valence-corrected chi connectivity index (χ2v) is 6.64. The van der Waals surface area contributed by atoms with Gasteiger partial charge in [-0.05, 0) is 6.42 Å². The first-order valence-corrected chi connectivity index (χ1v) is 11.3. The van der Waals surface area contributed by atoms with Gasteiger partial charge in [-0.25, -0.2) is 4.79 Å². The zero-order chi connectivity index (χ0) is 25.1. The van der Waals surface area contributed by atoms with Crippen molar-refractivity contribution in [3.05, 3.63) is 12.7 Å². The van der Waals surface area contributed by atoms with Crippen LogP contribution in [0.4, 0.5) is 0 Å². The summed E-state index contributed by atoms with van der Waals surface area (Å²) >= 11 is 0. The topological polar surface area (TPSA) is 148 Å². The summed E-state index contributed by atoms with van der Waals surface area (Å²) in [4.78, 5) is 32.4. The Balaban J connectivity index is 3.11. The Morgan fingerprint density at radius 3 is 1.47 bits per heavy atom. The number of amides is 1. The summed E-state index contributed by atoms with van der Waals surface area (Å²) in [7, 11) is 0. The van der Waals surface area contributed by atoms with Crippen molar-refractivity contribution in [1.82, 2.24) is 5.32 Å². The highest BCUT2D eigenvalue weighted by atomic mass is 16.6. The molecular formula is C22H39NO11. The first-order chi connectivity index (χ1) is 16.6. The molecule has 0 saturated heterocycles. The summed E-state index contributed by atoms with van der Waals surface area (Å²) in [5, 5.41) is 11.1. The molecule has 0 aliphatic rings. The molecule has 34 heavy (non-hydrogen) atoms. The molecule has 0 bridgehead atoms. The average molecular weight is 494 g/mol. The molecule has 0 fully saturated rings. The smallest absolute Gasteiger partial charge is 0.330 e. The van der Waals surface area contributed by atoms with E-state index in [-0.39, 0.29) is 25.4 Å². The molecule has 0 aromatic heterocycles. The zero-order valence-corrected chi connectivity index (χ0v) is 19.8. The van der Waals surface area contributed by atoms with Gasteiger partial charge in [0.2, 0.25) is 5.91 Å². The lowest BCUT2D eigenvalue weighted by Crippen LogP contribution is -2.25. The van der Waals surface area contributed by atoms with E-state index in [4.69, 9.17) is 38.3 Å². The molecule has 0 aliphatic heterocycles. The normalized spacial score (nSPS) is 10.7. The number of ether oxygens (including phenoxy) is 7. The second-order valence-electron chi connectivity index (χ2n) is 6.64. The number of rotatable bonds is 26. The number of aliphatic carboxylic acids is 1. The Morgan fingerprint density at radius 2 is 1.06 bits per heavy atom. The highest BCUT2D eigenvalue weighted by Crippen LogP contribution is 1.90. The van der Waals surface area contributed by atoms with Crippen LogP contribution in [-0.2, 0) is 47.5 Å². The number of carboxylic acids is 1. The number of esters is 1. The van der Waals surface area contributed by atoms with Crippen molar-refractivity contribution in [3.63, 3.8) is 0 Å². The summed E-state index contributed by atoms with van der Waals surface area (Å²) < 4.78 is 36.9. The molecule has 198 valence electrons. The van der Waals surface area contributed by atoms with Crippen molar-refractivity contribution in [3.8, 4) is 0 Å². The molecule has 0 unspecified atom stereocenters. The van der Waals surface area contributed by atoms with Gasteiger partial charge in [-0.2, -0.15) is 0 Å². The van der Waals surface area contributed by atoms with E-state index >= 15 is 0 Å². The van der Waals surface area contributed by atoms with Gasteiger partial charge in [0.25, 0.3) is 0 Å². The van der Waals surface area contributed by atoms with Crippen LogP contribution in [0.25, 0.3) is 0 Å². The minimum absolute atomic E-state index is 0.0111. The first kappa shape index (κ1) is 31.9. The fraction of sp³-hybridized carbons (Fsp3) is 0.773. The fourth-order valence-electron chi connectivity index (χ4n) is 2.17. The third-order valence-electron chi connectivity index (χ3n) is 3.85. The fourth-order valence-corrected chi connectivity index (χ4v) is 2.17. The van der Waals surface area contributed by atoms with E-state index in [9.17, 15) is 14.4 Å². The van der Waals surface area contributed by atoms with Gasteiger partial charge in [0, 0.05) is 25.6 Å². The van der Waals surface area contributed by atoms with Crippen molar-refractivity contribution < 1.29 is 52.6 Å². The summed E-state index contributed by atoms with van der Waals surface area (Å²) in [6.07, 6.45) is 1.58. The maximum absolute atomic E-state index is 11.3. The van der Waals surface area contributed by atoms with Gasteiger partial charge in [0.1, 0.15) is 6.61 Å². The van der Waals surface area contributed by atoms with Crippen LogP contribution in [0.5, 0.6) is 0 Å². The molecule has 0 aromatic rings. The summed E-state index contributed by atoms with van der Waals surface area (Å²) in [6, 6.07) is 0. The SMILES string of the molecule is C=CC(=O)OCCOCCOCCOCCOCCOCCOCCCNC(=O)CCC(=O)O. The third kappa shape index (κ3) is 26.2. The van der Waals surface area contributed by atoms with Crippen LogP contribution in [-0.4, -0.2) is 115 Å². The van der Waals surface area contributed by atoms with E-state index in [0.29, 0.717) is 92.2 Å². The van der Waals surface area contributed by atoms with Gasteiger partial charge in [-0.1, -0.05) is 6.58 Å². The second kappa shape index (κ2) is 25.5. The van der Waals surface area contributed by atoms with Gasteiger partial charge in [0.15, 0.2) is 0 Å². The Labute approximate surface area is 200 Å². The number of hydrogen-bond donors (Lipinski definition) is 2. The maximum atomic E-state index is 11.3. The summed E-state index contributed by atoms with van der Waals surface area (Å²) in [5.41, 5.74) is 0. The molecular weight excluding hydrogens is 454 g/mol. The molecule has 0 aromatic carbocycles. The Kier molecular flexibility index (Phi) is 24.0. The van der Waals surface area contributed by atoms with Crippen LogP contribution in [0.15, 0.2) is 12.7 Å². The molecule has 1 amide bonds. The number of nitrogens with one attached hydrogen (secondary N) is 1. The van der Waals surface area contributed by atoms with E-state index in [1.165, 1.54) is 0 Å². The molecule has 0 spiro atoms. The van der Waals surface area contributed by atoms with Crippen molar-refractivity contribution in [2.45, 2.75) is 19.3 Å². The predicted molar refractivity (Wildman–Crippen MR) is 121 cm³/mol. The summed E-state index contributed by atoms with van der Waals surface area (Å²) in [6.45, 7) is 9.23.